The van der Waals surface area contributed by atoms with E-state index < -0.39 is 44.0 Å². The standard InChI is InChI=1S/C16H14F5NO4S/c1-25-4-5-26-15-3-2-10(16(19,20)21)6-14(15)22-27(23,24)13-8-11(17)7-12(18)9-13/h2-3,6-9,22H,4-5H2,1H3. The molecule has 0 bridgehead atoms. The second-order valence-electron chi connectivity index (χ2n) is 5.26. The van der Waals surface area contributed by atoms with E-state index in [2.05, 4.69) is 0 Å². The van der Waals surface area contributed by atoms with E-state index >= 15 is 0 Å². The first-order valence-corrected chi connectivity index (χ1v) is 8.83. The molecule has 2 aromatic rings. The first kappa shape index (κ1) is 20.9. The summed E-state index contributed by atoms with van der Waals surface area (Å²) in [6, 6.07) is 3.69. The van der Waals surface area contributed by atoms with Gasteiger partial charge < -0.3 is 9.47 Å². The Bertz CT molecular complexity index is 895. The molecule has 1 N–H and O–H groups in total. The lowest BCUT2D eigenvalue weighted by Gasteiger charge is -2.16. The Labute approximate surface area is 151 Å². The van der Waals surface area contributed by atoms with Crippen LogP contribution >= 0.6 is 0 Å². The number of anilines is 1. The highest BCUT2D eigenvalue weighted by molar-refractivity contribution is 7.92. The molecular formula is C16H14F5NO4S. The van der Waals surface area contributed by atoms with Crippen molar-refractivity contribution in [1.29, 1.82) is 0 Å². The summed E-state index contributed by atoms with van der Waals surface area (Å²) >= 11 is 0. The third-order valence-electron chi connectivity index (χ3n) is 3.24. The summed E-state index contributed by atoms with van der Waals surface area (Å²) in [5.74, 6) is -2.52. The fraction of sp³-hybridized carbons (Fsp3) is 0.250. The van der Waals surface area contributed by atoms with Gasteiger partial charge in [-0.3, -0.25) is 4.72 Å². The minimum absolute atomic E-state index is 0.0643. The van der Waals surface area contributed by atoms with Crippen LogP contribution in [0.5, 0.6) is 5.75 Å². The Kier molecular flexibility index (Phi) is 6.26. The second-order valence-corrected chi connectivity index (χ2v) is 6.94. The molecular weight excluding hydrogens is 397 g/mol. The highest BCUT2D eigenvalue weighted by Gasteiger charge is 2.32. The van der Waals surface area contributed by atoms with Gasteiger partial charge in [-0.2, -0.15) is 13.2 Å². The number of halogens is 5. The Hall–Kier alpha value is -2.40. The summed E-state index contributed by atoms with van der Waals surface area (Å²) in [5.41, 5.74) is -1.67. The SMILES string of the molecule is COCCOc1ccc(C(F)(F)F)cc1NS(=O)(=O)c1cc(F)cc(F)c1. The third-order valence-corrected chi connectivity index (χ3v) is 4.59. The molecule has 2 aromatic carbocycles. The molecule has 0 aliphatic carbocycles. The highest BCUT2D eigenvalue weighted by atomic mass is 32.2. The molecule has 0 aromatic heterocycles. The van der Waals surface area contributed by atoms with E-state index in [9.17, 15) is 30.4 Å². The van der Waals surface area contributed by atoms with Crippen LogP contribution in [0.25, 0.3) is 0 Å². The molecule has 11 heteroatoms. The van der Waals surface area contributed by atoms with Crippen LogP contribution in [0.3, 0.4) is 0 Å². The van der Waals surface area contributed by atoms with E-state index in [0.717, 1.165) is 6.07 Å². The van der Waals surface area contributed by atoms with Crippen molar-refractivity contribution in [2.45, 2.75) is 11.1 Å². The molecule has 0 spiro atoms. The van der Waals surface area contributed by atoms with Crippen LogP contribution in [-0.2, 0) is 20.9 Å². The van der Waals surface area contributed by atoms with E-state index in [-0.39, 0.29) is 19.0 Å². The van der Waals surface area contributed by atoms with Crippen molar-refractivity contribution in [2.75, 3.05) is 25.0 Å². The van der Waals surface area contributed by atoms with Gasteiger partial charge in [0.05, 0.1) is 22.8 Å². The van der Waals surface area contributed by atoms with Gasteiger partial charge in [0.15, 0.2) is 0 Å². The van der Waals surface area contributed by atoms with Crippen molar-refractivity contribution in [1.82, 2.24) is 0 Å². The zero-order valence-electron chi connectivity index (χ0n) is 13.8. The molecule has 0 heterocycles. The topological polar surface area (TPSA) is 64.6 Å². The van der Waals surface area contributed by atoms with Crippen LogP contribution < -0.4 is 9.46 Å². The van der Waals surface area contributed by atoms with Crippen molar-refractivity contribution < 1.29 is 39.8 Å². The van der Waals surface area contributed by atoms with E-state index in [1.807, 2.05) is 4.72 Å². The van der Waals surface area contributed by atoms with Crippen LogP contribution in [0.4, 0.5) is 27.6 Å². The van der Waals surface area contributed by atoms with Crippen LogP contribution in [0, 0.1) is 11.6 Å². The van der Waals surface area contributed by atoms with Crippen molar-refractivity contribution in [3.63, 3.8) is 0 Å². The fourth-order valence-electron chi connectivity index (χ4n) is 2.03. The van der Waals surface area contributed by atoms with Crippen molar-refractivity contribution in [3.8, 4) is 5.75 Å². The number of hydrogen-bond donors (Lipinski definition) is 1. The minimum atomic E-state index is -4.74. The second kappa shape index (κ2) is 8.09. The Balaban J connectivity index is 2.44. The summed E-state index contributed by atoms with van der Waals surface area (Å²) in [4.78, 5) is -0.791. The molecule has 2 rings (SSSR count). The number of methoxy groups -OCH3 is 1. The number of sulfonamides is 1. The van der Waals surface area contributed by atoms with Gasteiger partial charge in [-0.15, -0.1) is 0 Å². The van der Waals surface area contributed by atoms with Crippen molar-refractivity contribution >= 4 is 15.7 Å². The summed E-state index contributed by atoms with van der Waals surface area (Å²) in [6.45, 7) is 0.0352. The van der Waals surface area contributed by atoms with Crippen LogP contribution in [0.1, 0.15) is 5.56 Å². The van der Waals surface area contributed by atoms with Gasteiger partial charge >= 0.3 is 6.18 Å². The Morgan fingerprint density at radius 1 is 1.00 bits per heavy atom. The molecule has 0 aliphatic heterocycles. The van der Waals surface area contributed by atoms with E-state index in [1.165, 1.54) is 7.11 Å². The summed E-state index contributed by atoms with van der Waals surface area (Å²) in [7, 11) is -3.21. The number of alkyl halides is 3. The minimum Gasteiger partial charge on any atom is -0.489 e. The average molecular weight is 411 g/mol. The molecule has 0 saturated carbocycles. The van der Waals surface area contributed by atoms with Gasteiger partial charge in [0, 0.05) is 13.2 Å². The molecule has 0 fully saturated rings. The summed E-state index contributed by atoms with van der Waals surface area (Å²) in [6.07, 6.45) is -4.74. The van der Waals surface area contributed by atoms with Gasteiger partial charge in [-0.05, 0) is 30.3 Å². The molecule has 5 nitrogen and oxygen atoms in total. The van der Waals surface area contributed by atoms with Crippen LogP contribution in [0.2, 0.25) is 0 Å². The van der Waals surface area contributed by atoms with Gasteiger partial charge in [-0.25, -0.2) is 17.2 Å². The number of nitrogens with one attached hydrogen (secondary N) is 1. The van der Waals surface area contributed by atoms with Crippen molar-refractivity contribution in [2.24, 2.45) is 0 Å². The number of rotatable bonds is 7. The van der Waals surface area contributed by atoms with Gasteiger partial charge in [-0.1, -0.05) is 0 Å². The molecule has 0 amide bonds. The van der Waals surface area contributed by atoms with E-state index in [1.54, 1.807) is 0 Å². The highest BCUT2D eigenvalue weighted by Crippen LogP contribution is 2.36. The molecule has 27 heavy (non-hydrogen) atoms. The molecule has 148 valence electrons. The maximum atomic E-state index is 13.3. The Morgan fingerprint density at radius 2 is 1.63 bits per heavy atom. The molecule has 0 radical (unpaired) electrons. The zero-order chi connectivity index (χ0) is 20.2. The lowest BCUT2D eigenvalue weighted by atomic mass is 10.2. The Morgan fingerprint density at radius 3 is 2.19 bits per heavy atom. The van der Waals surface area contributed by atoms with Gasteiger partial charge in [0.25, 0.3) is 10.0 Å². The number of ether oxygens (including phenoxy) is 2. The predicted molar refractivity (Wildman–Crippen MR) is 86.0 cm³/mol. The summed E-state index contributed by atoms with van der Waals surface area (Å²) in [5, 5.41) is 0. The summed E-state index contributed by atoms with van der Waals surface area (Å²) < 4.78 is 102. The monoisotopic (exact) mass is 411 g/mol. The maximum absolute atomic E-state index is 13.3. The molecule has 0 aliphatic rings. The lowest BCUT2D eigenvalue weighted by molar-refractivity contribution is -0.137. The average Bonchev–Trinajstić information content (AvgIpc) is 2.54. The molecule has 0 saturated heterocycles. The molecule has 0 atom stereocenters. The number of benzene rings is 2. The van der Waals surface area contributed by atoms with Crippen molar-refractivity contribution in [3.05, 3.63) is 53.6 Å². The lowest BCUT2D eigenvalue weighted by Crippen LogP contribution is -2.16. The normalized spacial score (nSPS) is 12.1. The maximum Gasteiger partial charge on any atom is 0.416 e. The van der Waals surface area contributed by atoms with Gasteiger partial charge in [0.2, 0.25) is 0 Å². The first-order chi connectivity index (χ1) is 12.5. The predicted octanol–water partition coefficient (Wildman–Crippen LogP) is 3.81. The third kappa shape index (κ3) is 5.54. The zero-order valence-corrected chi connectivity index (χ0v) is 14.6. The number of hydrogen-bond acceptors (Lipinski definition) is 4. The van der Waals surface area contributed by atoms with E-state index in [4.69, 9.17) is 9.47 Å². The largest absolute Gasteiger partial charge is 0.489 e. The fourth-order valence-corrected chi connectivity index (χ4v) is 3.14. The smallest absolute Gasteiger partial charge is 0.416 e. The quantitative estimate of drug-likeness (QED) is 0.556. The van der Waals surface area contributed by atoms with Crippen LogP contribution in [-0.4, -0.2) is 28.7 Å². The van der Waals surface area contributed by atoms with E-state index in [0.29, 0.717) is 30.3 Å². The van der Waals surface area contributed by atoms with Crippen LogP contribution in [0.15, 0.2) is 41.3 Å². The molecule has 0 unspecified atom stereocenters. The first-order valence-electron chi connectivity index (χ1n) is 7.35. The van der Waals surface area contributed by atoms with Gasteiger partial charge in [0.1, 0.15) is 24.0 Å².